The van der Waals surface area contributed by atoms with E-state index < -0.39 is 0 Å². The number of aliphatic hydroxyl groups is 1. The maximum absolute atomic E-state index is 9.23. The van der Waals surface area contributed by atoms with Gasteiger partial charge in [-0.3, -0.25) is 4.90 Å². The predicted octanol–water partition coefficient (Wildman–Crippen LogP) is 3.27. The van der Waals surface area contributed by atoms with Crippen LogP contribution in [0.2, 0.25) is 0 Å². The fraction of sp³-hybridized carbons (Fsp3) is 0.556. The Kier molecular flexibility index (Phi) is 5.38. The smallest absolute Gasteiger partial charge is 0.0433 e. The van der Waals surface area contributed by atoms with Crippen LogP contribution in [0.4, 0.5) is 0 Å². The van der Waals surface area contributed by atoms with E-state index in [0.717, 1.165) is 32.4 Å². The normalized spacial score (nSPS) is 27.4. The molecule has 1 N–H and O–H groups in total. The van der Waals surface area contributed by atoms with Gasteiger partial charge >= 0.3 is 0 Å². The van der Waals surface area contributed by atoms with Crippen molar-refractivity contribution >= 4 is 0 Å². The number of hydrogen-bond donors (Lipinski definition) is 1. The zero-order valence-corrected chi connectivity index (χ0v) is 12.6. The van der Waals surface area contributed by atoms with Gasteiger partial charge in [0, 0.05) is 12.1 Å². The monoisotopic (exact) mass is 273 g/mol. The minimum atomic E-state index is 0.0498. The van der Waals surface area contributed by atoms with Gasteiger partial charge in [0.25, 0.3) is 0 Å². The van der Waals surface area contributed by atoms with E-state index >= 15 is 0 Å². The molecule has 1 aromatic carbocycles. The van der Waals surface area contributed by atoms with Crippen LogP contribution < -0.4 is 0 Å². The van der Waals surface area contributed by atoms with Crippen LogP contribution in [0.3, 0.4) is 0 Å². The fourth-order valence-corrected chi connectivity index (χ4v) is 3.61. The predicted molar refractivity (Wildman–Crippen MR) is 84.7 cm³/mol. The van der Waals surface area contributed by atoms with E-state index in [-0.39, 0.29) is 5.54 Å². The van der Waals surface area contributed by atoms with Crippen LogP contribution in [0.1, 0.15) is 31.7 Å². The summed E-state index contributed by atoms with van der Waals surface area (Å²) in [4.78, 5) is 2.56. The number of benzene rings is 1. The highest BCUT2D eigenvalue weighted by molar-refractivity contribution is 5.22. The maximum Gasteiger partial charge on any atom is 0.0433 e. The Labute approximate surface area is 123 Å². The summed E-state index contributed by atoms with van der Waals surface area (Å²) in [7, 11) is 0. The molecule has 1 aliphatic rings. The maximum atomic E-state index is 9.23. The summed E-state index contributed by atoms with van der Waals surface area (Å²) >= 11 is 0. The quantitative estimate of drug-likeness (QED) is 0.804. The first kappa shape index (κ1) is 15.3. The zero-order valence-electron chi connectivity index (χ0n) is 12.6. The van der Waals surface area contributed by atoms with Crippen molar-refractivity contribution in [3.8, 4) is 0 Å². The largest absolute Gasteiger partial charge is 0.396 e. The third kappa shape index (κ3) is 3.31. The van der Waals surface area contributed by atoms with Gasteiger partial charge < -0.3 is 5.11 Å². The standard InChI is InChI=1S/C18H27NO/c1-3-18(14-16-8-6-5-7-9-16)15-17(11-13-20)10-12-19(18)4-2/h3,5-9,17,20H,1,4,10-15H2,2H3. The van der Waals surface area contributed by atoms with Crippen molar-refractivity contribution in [1.29, 1.82) is 0 Å². The molecular formula is C18H27NO. The Morgan fingerprint density at radius 2 is 2.15 bits per heavy atom. The molecule has 2 unspecified atom stereocenters. The van der Waals surface area contributed by atoms with Crippen LogP contribution in [0.5, 0.6) is 0 Å². The molecule has 2 atom stereocenters. The molecule has 1 saturated heterocycles. The highest BCUT2D eigenvalue weighted by Gasteiger charge is 2.38. The van der Waals surface area contributed by atoms with Gasteiger partial charge in [0.1, 0.15) is 0 Å². The molecule has 0 amide bonds. The van der Waals surface area contributed by atoms with E-state index in [1.807, 2.05) is 0 Å². The molecule has 0 aliphatic carbocycles. The van der Waals surface area contributed by atoms with Crippen molar-refractivity contribution < 1.29 is 5.11 Å². The first-order valence-corrected chi connectivity index (χ1v) is 7.77. The Hall–Kier alpha value is -1.12. The fourth-order valence-electron chi connectivity index (χ4n) is 3.61. The summed E-state index contributed by atoms with van der Waals surface area (Å²) in [6.07, 6.45) is 6.39. The average Bonchev–Trinajstić information content (AvgIpc) is 2.49. The molecule has 1 heterocycles. The Morgan fingerprint density at radius 3 is 2.75 bits per heavy atom. The van der Waals surface area contributed by atoms with Crippen LogP contribution >= 0.6 is 0 Å². The molecule has 0 saturated carbocycles. The van der Waals surface area contributed by atoms with Crippen molar-refractivity contribution in [1.82, 2.24) is 4.90 Å². The van der Waals surface area contributed by atoms with E-state index in [2.05, 4.69) is 54.8 Å². The SMILES string of the molecule is C=CC1(Cc2ccccc2)CC(CCO)CCN1CC. The van der Waals surface area contributed by atoms with Gasteiger partial charge in [-0.15, -0.1) is 6.58 Å². The van der Waals surface area contributed by atoms with Crippen LogP contribution in [0, 0.1) is 5.92 Å². The number of likely N-dealkylation sites (N-methyl/N-ethyl adjacent to an activating group) is 1. The van der Waals surface area contributed by atoms with Gasteiger partial charge in [0.15, 0.2) is 0 Å². The van der Waals surface area contributed by atoms with Crippen LogP contribution in [0.25, 0.3) is 0 Å². The summed E-state index contributed by atoms with van der Waals surface area (Å²) < 4.78 is 0. The Morgan fingerprint density at radius 1 is 1.40 bits per heavy atom. The molecule has 1 fully saturated rings. The van der Waals surface area contributed by atoms with Crippen molar-refractivity contribution in [3.63, 3.8) is 0 Å². The number of rotatable bonds is 6. The summed E-state index contributed by atoms with van der Waals surface area (Å²) in [6.45, 7) is 8.85. The molecule has 0 aromatic heterocycles. The molecular weight excluding hydrogens is 246 g/mol. The first-order valence-electron chi connectivity index (χ1n) is 7.77. The lowest BCUT2D eigenvalue weighted by molar-refractivity contribution is 0.0516. The lowest BCUT2D eigenvalue weighted by atomic mass is 9.75. The second-order valence-corrected chi connectivity index (χ2v) is 5.92. The molecule has 20 heavy (non-hydrogen) atoms. The molecule has 1 aromatic rings. The highest BCUT2D eigenvalue weighted by atomic mass is 16.3. The summed E-state index contributed by atoms with van der Waals surface area (Å²) in [5.41, 5.74) is 1.42. The molecule has 110 valence electrons. The van der Waals surface area contributed by atoms with Crippen molar-refractivity contribution in [2.24, 2.45) is 5.92 Å². The van der Waals surface area contributed by atoms with E-state index in [4.69, 9.17) is 0 Å². The summed E-state index contributed by atoms with van der Waals surface area (Å²) in [6, 6.07) is 10.7. The van der Waals surface area contributed by atoms with E-state index in [1.165, 1.54) is 12.0 Å². The van der Waals surface area contributed by atoms with E-state index in [9.17, 15) is 5.11 Å². The van der Waals surface area contributed by atoms with E-state index in [1.54, 1.807) is 0 Å². The number of aliphatic hydroxyl groups excluding tert-OH is 1. The molecule has 1 aliphatic heterocycles. The third-order valence-corrected chi connectivity index (χ3v) is 4.73. The third-order valence-electron chi connectivity index (χ3n) is 4.73. The second-order valence-electron chi connectivity index (χ2n) is 5.92. The molecule has 0 radical (unpaired) electrons. The zero-order chi connectivity index (χ0) is 14.4. The van der Waals surface area contributed by atoms with E-state index in [0.29, 0.717) is 12.5 Å². The van der Waals surface area contributed by atoms with Gasteiger partial charge in [-0.05, 0) is 50.3 Å². The minimum Gasteiger partial charge on any atom is -0.396 e. The van der Waals surface area contributed by atoms with Gasteiger partial charge in [-0.2, -0.15) is 0 Å². The first-order chi connectivity index (χ1) is 9.74. The van der Waals surface area contributed by atoms with Gasteiger partial charge in [-0.25, -0.2) is 0 Å². The molecule has 2 heteroatoms. The molecule has 2 rings (SSSR count). The van der Waals surface area contributed by atoms with Gasteiger partial charge in [0.2, 0.25) is 0 Å². The lowest BCUT2D eigenvalue weighted by Gasteiger charge is -2.48. The number of nitrogens with zero attached hydrogens (tertiary/aromatic N) is 1. The van der Waals surface area contributed by atoms with Crippen LogP contribution in [0.15, 0.2) is 43.0 Å². The van der Waals surface area contributed by atoms with Crippen LogP contribution in [-0.4, -0.2) is 35.2 Å². The molecule has 0 spiro atoms. The summed E-state index contributed by atoms with van der Waals surface area (Å²) in [5, 5.41) is 9.23. The Balaban J connectivity index is 2.20. The second kappa shape index (κ2) is 7.05. The summed E-state index contributed by atoms with van der Waals surface area (Å²) in [5.74, 6) is 0.615. The topological polar surface area (TPSA) is 23.5 Å². The number of hydrogen-bond acceptors (Lipinski definition) is 2. The Bertz CT molecular complexity index is 417. The highest BCUT2D eigenvalue weighted by Crippen LogP contribution is 2.36. The van der Waals surface area contributed by atoms with Crippen LogP contribution in [-0.2, 0) is 6.42 Å². The van der Waals surface area contributed by atoms with Gasteiger partial charge in [0.05, 0.1) is 0 Å². The van der Waals surface area contributed by atoms with Crippen molar-refractivity contribution in [2.45, 2.75) is 38.1 Å². The minimum absolute atomic E-state index is 0.0498. The van der Waals surface area contributed by atoms with Crippen molar-refractivity contribution in [3.05, 3.63) is 48.6 Å². The van der Waals surface area contributed by atoms with Gasteiger partial charge in [-0.1, -0.05) is 43.3 Å². The average molecular weight is 273 g/mol. The number of piperidine rings is 1. The molecule has 0 bridgehead atoms. The molecule has 2 nitrogen and oxygen atoms in total. The lowest BCUT2D eigenvalue weighted by Crippen LogP contribution is -2.54. The van der Waals surface area contributed by atoms with Crippen molar-refractivity contribution in [2.75, 3.05) is 19.7 Å². The number of likely N-dealkylation sites (tertiary alicyclic amines) is 1.